The number of guanidine groups is 1. The van der Waals surface area contributed by atoms with Gasteiger partial charge in [0.25, 0.3) is 0 Å². The number of benzene rings is 1. The molecule has 4 nitrogen and oxygen atoms in total. The van der Waals surface area contributed by atoms with Gasteiger partial charge in [-0.1, -0.05) is 12.1 Å². The van der Waals surface area contributed by atoms with Gasteiger partial charge in [-0.3, -0.25) is 4.99 Å². The van der Waals surface area contributed by atoms with Crippen LogP contribution in [0.15, 0.2) is 29.4 Å². The van der Waals surface area contributed by atoms with Crippen LogP contribution in [0, 0.1) is 6.92 Å². The summed E-state index contributed by atoms with van der Waals surface area (Å²) >= 11 is 0. The van der Waals surface area contributed by atoms with E-state index < -0.39 is 0 Å². The number of nitrogens with zero attached hydrogens (tertiary/aromatic N) is 1. The number of fused-ring (bicyclic) bond motifs is 1. The fourth-order valence-corrected chi connectivity index (χ4v) is 2.24. The summed E-state index contributed by atoms with van der Waals surface area (Å²) in [6.45, 7) is 3.02. The lowest BCUT2D eigenvalue weighted by Crippen LogP contribution is -2.35. The zero-order chi connectivity index (χ0) is 13.0. The molecule has 2 aromatic rings. The molecule has 0 aliphatic heterocycles. The van der Waals surface area contributed by atoms with Gasteiger partial charge in [0.1, 0.15) is 0 Å². The molecule has 0 aliphatic rings. The van der Waals surface area contributed by atoms with E-state index in [1.54, 1.807) is 7.05 Å². The van der Waals surface area contributed by atoms with E-state index in [-0.39, 0.29) is 24.0 Å². The summed E-state index contributed by atoms with van der Waals surface area (Å²) in [5.74, 6) is 0.826. The summed E-state index contributed by atoms with van der Waals surface area (Å²) in [5, 5.41) is 7.62. The molecular formula is C14H21IN4. The van der Waals surface area contributed by atoms with Gasteiger partial charge < -0.3 is 15.6 Å². The average Bonchev–Trinajstić information content (AvgIpc) is 2.79. The largest absolute Gasteiger partial charge is 0.361 e. The maximum absolute atomic E-state index is 4.09. The van der Waals surface area contributed by atoms with Crippen molar-refractivity contribution >= 4 is 40.8 Å². The van der Waals surface area contributed by atoms with Crippen molar-refractivity contribution in [1.29, 1.82) is 0 Å². The zero-order valence-corrected chi connectivity index (χ0v) is 13.9. The second-order valence-electron chi connectivity index (χ2n) is 4.31. The lowest BCUT2D eigenvalue weighted by atomic mass is 10.1. The Kier molecular flexibility index (Phi) is 6.14. The van der Waals surface area contributed by atoms with Crippen molar-refractivity contribution in [2.75, 3.05) is 20.6 Å². The maximum atomic E-state index is 4.09. The summed E-state index contributed by atoms with van der Waals surface area (Å²) in [7, 11) is 3.64. The molecule has 19 heavy (non-hydrogen) atoms. The van der Waals surface area contributed by atoms with Gasteiger partial charge in [0.15, 0.2) is 5.96 Å². The Hall–Kier alpha value is -1.24. The number of aryl methyl sites for hydroxylation is 1. The second-order valence-corrected chi connectivity index (χ2v) is 4.31. The molecule has 0 bridgehead atoms. The van der Waals surface area contributed by atoms with Crippen molar-refractivity contribution in [3.63, 3.8) is 0 Å². The van der Waals surface area contributed by atoms with Crippen LogP contribution in [0.4, 0.5) is 0 Å². The van der Waals surface area contributed by atoms with Crippen LogP contribution in [0.5, 0.6) is 0 Å². The predicted octanol–water partition coefficient (Wildman–Crippen LogP) is 2.43. The Bertz CT molecular complexity index is 560. The van der Waals surface area contributed by atoms with E-state index in [1.807, 2.05) is 7.05 Å². The second kappa shape index (κ2) is 7.37. The molecule has 0 fully saturated rings. The van der Waals surface area contributed by atoms with E-state index in [4.69, 9.17) is 0 Å². The van der Waals surface area contributed by atoms with Crippen LogP contribution in [0.1, 0.15) is 11.1 Å². The Morgan fingerprint density at radius 1 is 1.37 bits per heavy atom. The molecule has 5 heteroatoms. The fourth-order valence-electron chi connectivity index (χ4n) is 2.24. The monoisotopic (exact) mass is 372 g/mol. The number of hydrogen-bond acceptors (Lipinski definition) is 1. The average molecular weight is 372 g/mol. The van der Waals surface area contributed by atoms with Gasteiger partial charge in [-0.05, 0) is 30.5 Å². The van der Waals surface area contributed by atoms with Crippen molar-refractivity contribution in [3.8, 4) is 0 Å². The lowest BCUT2D eigenvalue weighted by Gasteiger charge is -2.08. The van der Waals surface area contributed by atoms with Crippen molar-refractivity contribution < 1.29 is 0 Å². The van der Waals surface area contributed by atoms with Gasteiger partial charge in [0.05, 0.1) is 0 Å². The molecule has 0 radical (unpaired) electrons. The van der Waals surface area contributed by atoms with Crippen molar-refractivity contribution in [1.82, 2.24) is 15.6 Å². The smallest absolute Gasteiger partial charge is 0.190 e. The zero-order valence-electron chi connectivity index (χ0n) is 11.6. The number of rotatable bonds is 3. The summed E-state index contributed by atoms with van der Waals surface area (Å²) in [6, 6.07) is 6.35. The van der Waals surface area contributed by atoms with E-state index in [2.05, 4.69) is 51.9 Å². The SMILES string of the molecule is CN=C(NC)NCCc1c[nH]c2cccc(C)c12.I. The Morgan fingerprint density at radius 2 is 2.16 bits per heavy atom. The molecule has 1 aromatic carbocycles. The first-order valence-electron chi connectivity index (χ1n) is 6.20. The van der Waals surface area contributed by atoms with E-state index in [0.717, 1.165) is 18.9 Å². The Morgan fingerprint density at radius 3 is 2.84 bits per heavy atom. The van der Waals surface area contributed by atoms with E-state index in [9.17, 15) is 0 Å². The van der Waals surface area contributed by atoms with Gasteiger partial charge in [-0.2, -0.15) is 0 Å². The van der Waals surface area contributed by atoms with E-state index in [1.165, 1.54) is 22.0 Å². The number of aromatic nitrogens is 1. The maximum Gasteiger partial charge on any atom is 0.190 e. The quantitative estimate of drug-likeness (QED) is 0.441. The van der Waals surface area contributed by atoms with Gasteiger partial charge in [-0.25, -0.2) is 0 Å². The summed E-state index contributed by atoms with van der Waals surface area (Å²) in [6.07, 6.45) is 3.08. The highest BCUT2D eigenvalue weighted by molar-refractivity contribution is 14.0. The number of hydrogen-bond donors (Lipinski definition) is 3. The standard InChI is InChI=1S/C14H20N4.HI/c1-10-5-4-6-12-13(10)11(9-18-12)7-8-17-14(15-2)16-3;/h4-6,9,18H,7-8H2,1-3H3,(H2,15,16,17);1H. The third-order valence-electron chi connectivity index (χ3n) is 3.14. The van der Waals surface area contributed by atoms with Crippen LogP contribution in [0.2, 0.25) is 0 Å². The first-order chi connectivity index (χ1) is 8.76. The van der Waals surface area contributed by atoms with Gasteiger partial charge >= 0.3 is 0 Å². The molecule has 2 rings (SSSR count). The molecule has 0 amide bonds. The van der Waals surface area contributed by atoms with Gasteiger partial charge in [0.2, 0.25) is 0 Å². The molecule has 0 atom stereocenters. The fraction of sp³-hybridized carbons (Fsp3) is 0.357. The molecular weight excluding hydrogens is 351 g/mol. The molecule has 1 heterocycles. The number of aliphatic imine (C=N–C) groups is 1. The normalized spacial score (nSPS) is 11.2. The van der Waals surface area contributed by atoms with Crippen LogP contribution < -0.4 is 10.6 Å². The number of nitrogens with one attached hydrogen (secondary N) is 3. The van der Waals surface area contributed by atoms with Crippen LogP contribution in [0.3, 0.4) is 0 Å². The Labute approximate surface area is 131 Å². The number of halogens is 1. The van der Waals surface area contributed by atoms with Crippen LogP contribution in [-0.4, -0.2) is 31.6 Å². The van der Waals surface area contributed by atoms with Crippen LogP contribution >= 0.6 is 24.0 Å². The lowest BCUT2D eigenvalue weighted by molar-refractivity contribution is 0.837. The summed E-state index contributed by atoms with van der Waals surface area (Å²) < 4.78 is 0. The molecule has 0 saturated carbocycles. The first-order valence-corrected chi connectivity index (χ1v) is 6.20. The van der Waals surface area contributed by atoms with E-state index in [0.29, 0.717) is 0 Å². The molecule has 3 N–H and O–H groups in total. The molecule has 0 unspecified atom stereocenters. The summed E-state index contributed by atoms with van der Waals surface area (Å²) in [5.41, 5.74) is 3.88. The topological polar surface area (TPSA) is 52.2 Å². The summed E-state index contributed by atoms with van der Waals surface area (Å²) in [4.78, 5) is 7.41. The van der Waals surface area contributed by atoms with Crippen LogP contribution in [-0.2, 0) is 6.42 Å². The molecule has 1 aromatic heterocycles. The predicted molar refractivity (Wildman–Crippen MR) is 92.6 cm³/mol. The number of H-pyrrole nitrogens is 1. The minimum atomic E-state index is 0. The minimum Gasteiger partial charge on any atom is -0.361 e. The number of aromatic amines is 1. The third-order valence-corrected chi connectivity index (χ3v) is 3.14. The molecule has 104 valence electrons. The van der Waals surface area contributed by atoms with E-state index >= 15 is 0 Å². The highest BCUT2D eigenvalue weighted by atomic mass is 127. The minimum absolute atomic E-state index is 0. The third kappa shape index (κ3) is 3.62. The highest BCUT2D eigenvalue weighted by Gasteiger charge is 2.05. The van der Waals surface area contributed by atoms with Crippen molar-refractivity contribution in [2.24, 2.45) is 4.99 Å². The first kappa shape index (κ1) is 15.8. The molecule has 0 aliphatic carbocycles. The van der Waals surface area contributed by atoms with Gasteiger partial charge in [0, 0.05) is 37.7 Å². The molecule has 0 spiro atoms. The molecule has 0 saturated heterocycles. The van der Waals surface area contributed by atoms with Crippen LogP contribution in [0.25, 0.3) is 10.9 Å². The van der Waals surface area contributed by atoms with Gasteiger partial charge in [-0.15, -0.1) is 24.0 Å². The van der Waals surface area contributed by atoms with Crippen molar-refractivity contribution in [3.05, 3.63) is 35.5 Å². The Balaban J connectivity index is 0.00000180. The highest BCUT2D eigenvalue weighted by Crippen LogP contribution is 2.22. The van der Waals surface area contributed by atoms with Crippen molar-refractivity contribution in [2.45, 2.75) is 13.3 Å².